The molecular weight excluding hydrogens is 250 g/mol. The van der Waals surface area contributed by atoms with Crippen LogP contribution in [0.4, 0.5) is 23.2 Å². The third-order valence-corrected chi connectivity index (χ3v) is 1.94. The van der Waals surface area contributed by atoms with Gasteiger partial charge < -0.3 is 11.1 Å². The van der Waals surface area contributed by atoms with E-state index >= 15 is 0 Å². The van der Waals surface area contributed by atoms with Crippen molar-refractivity contribution in [3.63, 3.8) is 0 Å². The third-order valence-electron chi connectivity index (χ3n) is 1.94. The number of nitrogens with two attached hydrogens (primary N) is 1. The maximum Gasteiger partial charge on any atom is 0.419 e. The highest BCUT2D eigenvalue weighted by Gasteiger charge is 2.34. The van der Waals surface area contributed by atoms with Crippen LogP contribution in [0, 0.1) is 5.82 Å². The van der Waals surface area contributed by atoms with Gasteiger partial charge in [-0.25, -0.2) is 4.39 Å². The number of alkyl halides is 3. The first-order valence-corrected chi connectivity index (χ1v) is 5.17. The fraction of sp³-hybridized carbons (Fsp3) is 0.364. The number of anilines is 1. The Labute approximate surface area is 102 Å². The van der Waals surface area contributed by atoms with Crippen molar-refractivity contribution in [1.29, 1.82) is 0 Å². The minimum Gasteiger partial charge on any atom is -0.370 e. The lowest BCUT2D eigenvalue weighted by atomic mass is 10.2. The molecule has 1 aromatic rings. The largest absolute Gasteiger partial charge is 0.419 e. The van der Waals surface area contributed by atoms with Crippen molar-refractivity contribution in [3.8, 4) is 0 Å². The average molecular weight is 263 g/mol. The number of guanidine groups is 1. The summed E-state index contributed by atoms with van der Waals surface area (Å²) in [4.78, 5) is 3.90. The monoisotopic (exact) mass is 263 g/mol. The van der Waals surface area contributed by atoms with E-state index in [1.54, 1.807) is 13.8 Å². The van der Waals surface area contributed by atoms with E-state index < -0.39 is 17.6 Å². The van der Waals surface area contributed by atoms with Crippen LogP contribution in [-0.4, -0.2) is 12.0 Å². The SMILES string of the molecule is CC(C)N=C(N)Nc1ccc(F)c(C(F)(F)F)c1. The summed E-state index contributed by atoms with van der Waals surface area (Å²) in [5.41, 5.74) is 4.16. The van der Waals surface area contributed by atoms with Gasteiger partial charge in [-0.3, -0.25) is 4.99 Å². The van der Waals surface area contributed by atoms with Crippen LogP contribution in [0.15, 0.2) is 23.2 Å². The van der Waals surface area contributed by atoms with E-state index in [1.807, 2.05) is 0 Å². The summed E-state index contributed by atoms with van der Waals surface area (Å²) in [6, 6.07) is 2.44. The molecule has 0 fully saturated rings. The van der Waals surface area contributed by atoms with Gasteiger partial charge in [-0.15, -0.1) is 0 Å². The molecule has 0 saturated carbocycles. The van der Waals surface area contributed by atoms with Gasteiger partial charge in [0.05, 0.1) is 5.56 Å². The maximum absolute atomic E-state index is 13.0. The van der Waals surface area contributed by atoms with Gasteiger partial charge in [0, 0.05) is 11.7 Å². The van der Waals surface area contributed by atoms with Gasteiger partial charge in [-0.1, -0.05) is 0 Å². The number of nitrogens with zero attached hydrogens (tertiary/aromatic N) is 1. The van der Waals surface area contributed by atoms with E-state index in [1.165, 1.54) is 0 Å². The minimum atomic E-state index is -4.74. The molecule has 0 aromatic heterocycles. The van der Waals surface area contributed by atoms with E-state index in [9.17, 15) is 17.6 Å². The van der Waals surface area contributed by atoms with Gasteiger partial charge in [0.1, 0.15) is 5.82 Å². The summed E-state index contributed by atoms with van der Waals surface area (Å²) < 4.78 is 50.3. The second-order valence-corrected chi connectivity index (χ2v) is 3.93. The number of halogens is 4. The molecular formula is C11H13F4N3. The highest BCUT2D eigenvalue weighted by Crippen LogP contribution is 2.32. The van der Waals surface area contributed by atoms with Gasteiger partial charge in [0.2, 0.25) is 0 Å². The fourth-order valence-corrected chi connectivity index (χ4v) is 1.28. The second kappa shape index (κ2) is 5.24. The zero-order chi connectivity index (χ0) is 13.9. The van der Waals surface area contributed by atoms with E-state index in [2.05, 4.69) is 10.3 Å². The Morgan fingerprint density at radius 1 is 1.33 bits per heavy atom. The molecule has 0 unspecified atom stereocenters. The number of hydrogen-bond donors (Lipinski definition) is 2. The van der Waals surface area contributed by atoms with Crippen molar-refractivity contribution >= 4 is 11.6 Å². The van der Waals surface area contributed by atoms with Crippen LogP contribution >= 0.6 is 0 Å². The topological polar surface area (TPSA) is 50.4 Å². The molecule has 1 aromatic carbocycles. The Balaban J connectivity index is 3.00. The molecule has 0 heterocycles. The Bertz CT molecular complexity index is 452. The second-order valence-electron chi connectivity index (χ2n) is 3.93. The van der Waals surface area contributed by atoms with Crippen molar-refractivity contribution in [2.45, 2.75) is 26.1 Å². The van der Waals surface area contributed by atoms with Gasteiger partial charge in [-0.05, 0) is 32.0 Å². The van der Waals surface area contributed by atoms with Crippen LogP contribution in [0.5, 0.6) is 0 Å². The predicted octanol–water partition coefficient (Wildman–Crippen LogP) is 2.98. The van der Waals surface area contributed by atoms with E-state index in [0.717, 1.165) is 12.1 Å². The molecule has 7 heteroatoms. The maximum atomic E-state index is 13.0. The first-order valence-electron chi connectivity index (χ1n) is 5.17. The molecule has 0 aliphatic carbocycles. The van der Waals surface area contributed by atoms with Crippen LogP contribution in [0.2, 0.25) is 0 Å². The molecule has 3 N–H and O–H groups in total. The van der Waals surface area contributed by atoms with Gasteiger partial charge >= 0.3 is 6.18 Å². The molecule has 0 amide bonds. The summed E-state index contributed by atoms with van der Waals surface area (Å²) in [7, 11) is 0. The highest BCUT2D eigenvalue weighted by molar-refractivity contribution is 5.92. The fourth-order valence-electron chi connectivity index (χ4n) is 1.28. The normalized spacial score (nSPS) is 12.9. The lowest BCUT2D eigenvalue weighted by Crippen LogP contribution is -2.24. The Kier molecular flexibility index (Phi) is 4.15. The molecule has 100 valence electrons. The summed E-state index contributed by atoms with van der Waals surface area (Å²) in [6.45, 7) is 3.53. The van der Waals surface area contributed by atoms with Crippen molar-refractivity contribution < 1.29 is 17.6 Å². The smallest absolute Gasteiger partial charge is 0.370 e. The first kappa shape index (κ1) is 14.3. The molecule has 1 rings (SSSR count). The summed E-state index contributed by atoms with van der Waals surface area (Å²) in [6.07, 6.45) is -4.74. The van der Waals surface area contributed by atoms with E-state index in [0.29, 0.717) is 6.07 Å². The highest BCUT2D eigenvalue weighted by atomic mass is 19.4. The molecule has 0 spiro atoms. The Morgan fingerprint density at radius 3 is 2.44 bits per heavy atom. The number of hydrogen-bond acceptors (Lipinski definition) is 1. The standard InChI is InChI=1S/C11H13F4N3/c1-6(2)17-10(16)18-7-3-4-9(12)8(5-7)11(13,14)15/h3-6H,1-2H3,(H3,16,17,18). The van der Waals surface area contributed by atoms with Crippen LogP contribution in [0.3, 0.4) is 0 Å². The number of benzene rings is 1. The third kappa shape index (κ3) is 3.90. The van der Waals surface area contributed by atoms with Crippen LogP contribution < -0.4 is 11.1 Å². The van der Waals surface area contributed by atoms with E-state index in [-0.39, 0.29) is 17.7 Å². The lowest BCUT2D eigenvalue weighted by Gasteiger charge is -2.11. The minimum absolute atomic E-state index is 0.0234. The number of nitrogens with one attached hydrogen (secondary N) is 1. The van der Waals surface area contributed by atoms with Gasteiger partial charge in [0.25, 0.3) is 0 Å². The molecule has 0 atom stereocenters. The van der Waals surface area contributed by atoms with Crippen LogP contribution in [0.25, 0.3) is 0 Å². The molecule has 0 aliphatic rings. The summed E-state index contributed by atoms with van der Waals surface area (Å²) in [5.74, 6) is -1.35. The zero-order valence-electron chi connectivity index (χ0n) is 9.85. The van der Waals surface area contributed by atoms with Crippen molar-refractivity contribution in [2.24, 2.45) is 10.7 Å². The van der Waals surface area contributed by atoms with Crippen LogP contribution in [-0.2, 0) is 6.18 Å². The molecule has 0 aliphatic heterocycles. The number of aliphatic imine (C=N–C) groups is 1. The van der Waals surface area contributed by atoms with Gasteiger partial charge in [0.15, 0.2) is 5.96 Å². The Hall–Kier alpha value is -1.79. The average Bonchev–Trinajstić information content (AvgIpc) is 2.17. The predicted molar refractivity (Wildman–Crippen MR) is 61.8 cm³/mol. The molecule has 0 radical (unpaired) electrons. The zero-order valence-corrected chi connectivity index (χ0v) is 9.85. The molecule has 0 bridgehead atoms. The summed E-state index contributed by atoms with van der Waals surface area (Å²) >= 11 is 0. The van der Waals surface area contributed by atoms with E-state index in [4.69, 9.17) is 5.73 Å². The van der Waals surface area contributed by atoms with Crippen molar-refractivity contribution in [2.75, 3.05) is 5.32 Å². The Morgan fingerprint density at radius 2 is 1.94 bits per heavy atom. The summed E-state index contributed by atoms with van der Waals surface area (Å²) in [5, 5.41) is 2.47. The molecule has 3 nitrogen and oxygen atoms in total. The number of rotatable bonds is 2. The quantitative estimate of drug-likeness (QED) is 0.489. The first-order chi connectivity index (χ1) is 8.20. The van der Waals surface area contributed by atoms with Crippen molar-refractivity contribution in [3.05, 3.63) is 29.6 Å². The lowest BCUT2D eigenvalue weighted by molar-refractivity contribution is -0.139. The molecule has 18 heavy (non-hydrogen) atoms. The molecule has 0 saturated heterocycles. The van der Waals surface area contributed by atoms with Crippen LogP contribution in [0.1, 0.15) is 19.4 Å². The van der Waals surface area contributed by atoms with Crippen molar-refractivity contribution in [1.82, 2.24) is 0 Å². The van der Waals surface area contributed by atoms with Gasteiger partial charge in [-0.2, -0.15) is 13.2 Å².